The summed E-state index contributed by atoms with van der Waals surface area (Å²) in [6, 6.07) is 7.08. The standard InChI is InChI=1S/C23H29N5O5S/c1-6-10-28-20-19(21(29)26-23(28)31)17(12-18(25-20)13(2)3)22(30)27(5)14(4)15-8-7-9-16(11-15)34(24,32)33/h7-9,11-14H,6,10H2,1-5H3,(H2,24,32,33)(H,26,29,31). The van der Waals surface area contributed by atoms with Crippen molar-refractivity contribution in [3.63, 3.8) is 0 Å². The van der Waals surface area contributed by atoms with E-state index in [0.29, 0.717) is 24.2 Å². The van der Waals surface area contributed by atoms with Gasteiger partial charge in [-0.1, -0.05) is 32.9 Å². The summed E-state index contributed by atoms with van der Waals surface area (Å²) in [6.45, 7) is 7.78. The zero-order valence-electron chi connectivity index (χ0n) is 19.8. The smallest absolute Gasteiger partial charge is 0.329 e. The summed E-state index contributed by atoms with van der Waals surface area (Å²) in [5, 5.41) is 5.29. The monoisotopic (exact) mass is 487 g/mol. The molecule has 1 unspecified atom stereocenters. The molecule has 1 atom stereocenters. The lowest BCUT2D eigenvalue weighted by atomic mass is 10.0. The number of fused-ring (bicyclic) bond motifs is 1. The number of rotatable bonds is 7. The number of aromatic nitrogens is 3. The predicted octanol–water partition coefficient (Wildman–Crippen LogP) is 2.10. The lowest BCUT2D eigenvalue weighted by Crippen LogP contribution is -2.35. The first-order valence-electron chi connectivity index (χ1n) is 10.9. The van der Waals surface area contributed by atoms with Gasteiger partial charge in [-0.05, 0) is 43.0 Å². The molecule has 0 bridgehead atoms. The van der Waals surface area contributed by atoms with Crippen LogP contribution < -0.4 is 16.4 Å². The summed E-state index contributed by atoms with van der Waals surface area (Å²) in [6.07, 6.45) is 0.634. The second kappa shape index (κ2) is 9.51. The van der Waals surface area contributed by atoms with Gasteiger partial charge in [0, 0.05) is 19.3 Å². The number of carbonyl (C=O) groups is 1. The van der Waals surface area contributed by atoms with Crippen molar-refractivity contribution < 1.29 is 13.2 Å². The molecule has 0 spiro atoms. The highest BCUT2D eigenvalue weighted by Crippen LogP contribution is 2.26. The quantitative estimate of drug-likeness (QED) is 0.521. The first-order chi connectivity index (χ1) is 15.9. The number of carbonyl (C=O) groups excluding carboxylic acids is 1. The van der Waals surface area contributed by atoms with Crippen molar-refractivity contribution in [3.05, 3.63) is 68.0 Å². The van der Waals surface area contributed by atoms with E-state index >= 15 is 0 Å². The van der Waals surface area contributed by atoms with Crippen LogP contribution in [0.5, 0.6) is 0 Å². The van der Waals surface area contributed by atoms with Crippen molar-refractivity contribution in [1.82, 2.24) is 19.4 Å². The van der Waals surface area contributed by atoms with Gasteiger partial charge in [-0.3, -0.25) is 19.1 Å². The van der Waals surface area contributed by atoms with E-state index in [1.807, 2.05) is 20.8 Å². The Balaban J connectivity index is 2.19. The van der Waals surface area contributed by atoms with Crippen LogP contribution in [-0.4, -0.2) is 40.8 Å². The van der Waals surface area contributed by atoms with Gasteiger partial charge in [0.1, 0.15) is 0 Å². The molecular weight excluding hydrogens is 458 g/mol. The molecule has 0 aliphatic heterocycles. The Hall–Kier alpha value is -3.31. The highest BCUT2D eigenvalue weighted by molar-refractivity contribution is 7.89. The van der Waals surface area contributed by atoms with Gasteiger partial charge in [0.15, 0.2) is 5.65 Å². The molecule has 2 heterocycles. The van der Waals surface area contributed by atoms with Crippen LogP contribution in [-0.2, 0) is 16.6 Å². The number of amides is 1. The van der Waals surface area contributed by atoms with Crippen LogP contribution in [0.15, 0.2) is 44.8 Å². The summed E-state index contributed by atoms with van der Waals surface area (Å²) in [5.74, 6) is -0.524. The van der Waals surface area contributed by atoms with Gasteiger partial charge in [-0.15, -0.1) is 0 Å². The molecule has 3 N–H and O–H groups in total. The minimum absolute atomic E-state index is 0.0415. The third-order valence-electron chi connectivity index (χ3n) is 5.81. The number of H-pyrrole nitrogens is 1. The number of hydrogen-bond donors (Lipinski definition) is 2. The van der Waals surface area contributed by atoms with Crippen LogP contribution in [0, 0.1) is 0 Å². The molecular formula is C23H29N5O5S. The van der Waals surface area contributed by atoms with E-state index in [0.717, 1.165) is 0 Å². The maximum absolute atomic E-state index is 13.7. The van der Waals surface area contributed by atoms with Crippen molar-refractivity contribution >= 4 is 27.0 Å². The van der Waals surface area contributed by atoms with Crippen LogP contribution in [0.1, 0.15) is 67.7 Å². The molecule has 182 valence electrons. The number of aryl methyl sites for hydroxylation is 1. The van der Waals surface area contributed by atoms with Gasteiger partial charge in [0.05, 0.1) is 21.9 Å². The van der Waals surface area contributed by atoms with Gasteiger partial charge in [-0.2, -0.15) is 0 Å². The molecule has 11 heteroatoms. The summed E-state index contributed by atoms with van der Waals surface area (Å²) in [5.41, 5.74) is 0.159. The topological polar surface area (TPSA) is 148 Å². The fourth-order valence-corrected chi connectivity index (χ4v) is 4.30. The third-order valence-corrected chi connectivity index (χ3v) is 6.72. The van der Waals surface area contributed by atoms with E-state index in [4.69, 9.17) is 5.14 Å². The van der Waals surface area contributed by atoms with Crippen molar-refractivity contribution in [3.8, 4) is 0 Å². The van der Waals surface area contributed by atoms with Crippen molar-refractivity contribution in [2.45, 2.75) is 57.5 Å². The zero-order valence-corrected chi connectivity index (χ0v) is 20.6. The van der Waals surface area contributed by atoms with Gasteiger partial charge in [0.2, 0.25) is 10.0 Å². The number of sulfonamides is 1. The van der Waals surface area contributed by atoms with Gasteiger partial charge >= 0.3 is 5.69 Å². The average molecular weight is 488 g/mol. The molecule has 0 saturated heterocycles. The Kier molecular flexibility index (Phi) is 7.08. The molecule has 2 aromatic heterocycles. The Labute approximate surface area is 197 Å². The van der Waals surface area contributed by atoms with E-state index in [1.165, 1.54) is 21.6 Å². The fraction of sp³-hybridized carbons (Fsp3) is 0.391. The summed E-state index contributed by atoms with van der Waals surface area (Å²) >= 11 is 0. The van der Waals surface area contributed by atoms with Gasteiger partial charge < -0.3 is 4.90 Å². The maximum atomic E-state index is 13.7. The molecule has 10 nitrogen and oxygen atoms in total. The lowest BCUT2D eigenvalue weighted by molar-refractivity contribution is 0.0744. The third kappa shape index (κ3) is 4.80. The van der Waals surface area contributed by atoms with Crippen LogP contribution in [0.2, 0.25) is 0 Å². The normalized spacial score (nSPS) is 12.8. The Morgan fingerprint density at radius 1 is 1.21 bits per heavy atom. The van der Waals surface area contributed by atoms with E-state index in [-0.39, 0.29) is 27.4 Å². The molecule has 0 saturated carbocycles. The highest BCUT2D eigenvalue weighted by Gasteiger charge is 2.26. The number of nitrogens with one attached hydrogen (secondary N) is 1. The molecule has 1 aromatic carbocycles. The molecule has 34 heavy (non-hydrogen) atoms. The molecule has 0 aliphatic carbocycles. The van der Waals surface area contributed by atoms with Crippen molar-refractivity contribution in [1.29, 1.82) is 0 Å². The first kappa shape index (κ1) is 25.3. The zero-order chi connectivity index (χ0) is 25.4. The predicted molar refractivity (Wildman–Crippen MR) is 129 cm³/mol. The Bertz CT molecular complexity index is 1470. The van der Waals surface area contributed by atoms with Crippen LogP contribution in [0.25, 0.3) is 11.0 Å². The molecule has 0 radical (unpaired) electrons. The number of nitrogens with zero attached hydrogens (tertiary/aromatic N) is 3. The number of hydrogen-bond acceptors (Lipinski definition) is 6. The Morgan fingerprint density at radius 2 is 1.88 bits per heavy atom. The second-order valence-electron chi connectivity index (χ2n) is 8.57. The molecule has 0 aliphatic rings. The largest absolute Gasteiger partial charge is 0.335 e. The minimum atomic E-state index is -3.91. The van der Waals surface area contributed by atoms with Crippen molar-refractivity contribution in [2.24, 2.45) is 5.14 Å². The van der Waals surface area contributed by atoms with Gasteiger partial charge in [-0.25, -0.2) is 23.3 Å². The van der Waals surface area contributed by atoms with Crippen LogP contribution in [0.3, 0.4) is 0 Å². The Morgan fingerprint density at radius 3 is 2.47 bits per heavy atom. The number of nitrogens with two attached hydrogens (primary N) is 1. The minimum Gasteiger partial charge on any atom is -0.335 e. The number of benzene rings is 1. The van der Waals surface area contributed by atoms with Crippen LogP contribution >= 0.6 is 0 Å². The second-order valence-corrected chi connectivity index (χ2v) is 10.1. The fourth-order valence-electron chi connectivity index (χ4n) is 3.73. The number of primary sulfonamides is 1. The number of pyridine rings is 1. The lowest BCUT2D eigenvalue weighted by Gasteiger charge is -2.26. The molecule has 3 aromatic rings. The first-order valence-corrected chi connectivity index (χ1v) is 12.5. The maximum Gasteiger partial charge on any atom is 0.329 e. The highest BCUT2D eigenvalue weighted by atomic mass is 32.2. The summed E-state index contributed by atoms with van der Waals surface area (Å²) in [4.78, 5) is 47.1. The molecule has 1 amide bonds. The van der Waals surface area contributed by atoms with E-state index in [1.54, 1.807) is 32.2 Å². The van der Waals surface area contributed by atoms with E-state index in [9.17, 15) is 22.8 Å². The number of aromatic amines is 1. The van der Waals surface area contributed by atoms with Crippen molar-refractivity contribution in [2.75, 3.05) is 7.05 Å². The van der Waals surface area contributed by atoms with Crippen LogP contribution in [0.4, 0.5) is 0 Å². The average Bonchev–Trinajstić information content (AvgIpc) is 2.78. The van der Waals surface area contributed by atoms with E-state index in [2.05, 4.69) is 9.97 Å². The SMILES string of the molecule is CCCn1c(=O)[nH]c(=O)c2c(C(=O)N(C)C(C)c3cccc(S(N)(=O)=O)c3)cc(C(C)C)nc21. The van der Waals surface area contributed by atoms with Gasteiger partial charge in [0.25, 0.3) is 11.5 Å². The summed E-state index contributed by atoms with van der Waals surface area (Å²) in [7, 11) is -2.35. The molecule has 3 rings (SSSR count). The van der Waals surface area contributed by atoms with E-state index < -0.39 is 33.2 Å². The molecule has 0 fully saturated rings. The summed E-state index contributed by atoms with van der Waals surface area (Å²) < 4.78 is 24.9.